The first-order valence-corrected chi connectivity index (χ1v) is 9.08. The van der Waals surface area contributed by atoms with E-state index in [0.29, 0.717) is 5.69 Å². The van der Waals surface area contributed by atoms with E-state index in [2.05, 4.69) is 33.0 Å². The van der Waals surface area contributed by atoms with Gasteiger partial charge in [0.1, 0.15) is 11.5 Å². The summed E-state index contributed by atoms with van der Waals surface area (Å²) < 4.78 is 11.6. The fourth-order valence-electron chi connectivity index (χ4n) is 2.52. The molecular weight excluding hydrogens is 326 g/mol. The molecule has 2 aromatic carbocycles. The maximum absolute atomic E-state index is 12.3. The number of ether oxygens (including phenoxy) is 2. The highest BCUT2D eigenvalue weighted by Gasteiger charge is 2.18. The molecule has 0 aliphatic rings. The number of benzene rings is 2. The monoisotopic (exact) mass is 355 g/mol. The number of carbonyl (C=O) groups is 1. The molecule has 0 aliphatic carbocycles. The van der Waals surface area contributed by atoms with Gasteiger partial charge in [-0.2, -0.15) is 0 Å². The number of hydrogen-bond donors (Lipinski definition) is 1. The number of rotatable bonds is 7. The van der Waals surface area contributed by atoms with Crippen molar-refractivity contribution in [2.75, 3.05) is 11.9 Å². The van der Waals surface area contributed by atoms with Gasteiger partial charge in [-0.05, 0) is 42.5 Å². The molecule has 1 atom stereocenters. The molecule has 0 radical (unpaired) electrons. The Morgan fingerprint density at radius 1 is 1.12 bits per heavy atom. The number of carbonyl (C=O) groups excluding carboxylic acids is 1. The van der Waals surface area contributed by atoms with E-state index in [-0.39, 0.29) is 24.0 Å². The van der Waals surface area contributed by atoms with E-state index < -0.39 is 0 Å². The largest absolute Gasteiger partial charge is 0.491 e. The maximum atomic E-state index is 12.3. The molecule has 4 heteroatoms. The van der Waals surface area contributed by atoms with Crippen molar-refractivity contribution in [1.29, 1.82) is 0 Å². The first kappa shape index (κ1) is 19.8. The molecule has 0 saturated heterocycles. The normalized spacial score (nSPS) is 12.3. The SMILES string of the molecule is CCC(C)Oc1cccc(NC(=O)COc2ccccc2C(C)(C)C)c1. The summed E-state index contributed by atoms with van der Waals surface area (Å²) in [6.45, 7) is 10.4. The van der Waals surface area contributed by atoms with Gasteiger partial charge in [0.15, 0.2) is 6.61 Å². The van der Waals surface area contributed by atoms with Gasteiger partial charge in [-0.25, -0.2) is 0 Å². The van der Waals surface area contributed by atoms with Crippen LogP contribution in [0.25, 0.3) is 0 Å². The van der Waals surface area contributed by atoms with Crippen molar-refractivity contribution in [3.05, 3.63) is 54.1 Å². The standard InChI is InChI=1S/C22H29NO3/c1-6-16(2)26-18-11-9-10-17(14-18)23-21(24)15-25-20-13-8-7-12-19(20)22(3,4)5/h7-14,16H,6,15H2,1-5H3,(H,23,24). The number of amides is 1. The zero-order valence-electron chi connectivity index (χ0n) is 16.3. The van der Waals surface area contributed by atoms with Gasteiger partial charge in [0.2, 0.25) is 0 Å². The summed E-state index contributed by atoms with van der Waals surface area (Å²) in [5, 5.41) is 2.86. The fourth-order valence-corrected chi connectivity index (χ4v) is 2.52. The highest BCUT2D eigenvalue weighted by Crippen LogP contribution is 2.30. The predicted molar refractivity (Wildman–Crippen MR) is 106 cm³/mol. The van der Waals surface area contributed by atoms with Crippen LogP contribution < -0.4 is 14.8 Å². The third-order valence-corrected chi connectivity index (χ3v) is 4.08. The van der Waals surface area contributed by atoms with E-state index in [9.17, 15) is 4.79 Å². The van der Waals surface area contributed by atoms with Crippen LogP contribution in [0.2, 0.25) is 0 Å². The first-order valence-electron chi connectivity index (χ1n) is 9.08. The van der Waals surface area contributed by atoms with E-state index in [1.165, 1.54) is 0 Å². The molecule has 4 nitrogen and oxygen atoms in total. The zero-order valence-corrected chi connectivity index (χ0v) is 16.3. The molecule has 2 aromatic rings. The topological polar surface area (TPSA) is 47.6 Å². The van der Waals surface area contributed by atoms with Crippen molar-refractivity contribution >= 4 is 11.6 Å². The van der Waals surface area contributed by atoms with Gasteiger partial charge in [-0.3, -0.25) is 4.79 Å². The molecule has 1 N–H and O–H groups in total. The summed E-state index contributed by atoms with van der Waals surface area (Å²) in [5.74, 6) is 1.29. The molecule has 1 unspecified atom stereocenters. The van der Waals surface area contributed by atoms with Gasteiger partial charge in [0.25, 0.3) is 5.91 Å². The molecule has 0 spiro atoms. The van der Waals surface area contributed by atoms with Gasteiger partial charge in [0.05, 0.1) is 6.10 Å². The molecule has 0 fully saturated rings. The summed E-state index contributed by atoms with van der Waals surface area (Å²) in [6, 6.07) is 15.2. The van der Waals surface area contributed by atoms with Crippen LogP contribution in [0.5, 0.6) is 11.5 Å². The van der Waals surface area contributed by atoms with Gasteiger partial charge in [0, 0.05) is 11.8 Å². The molecular formula is C22H29NO3. The molecule has 0 aromatic heterocycles. The van der Waals surface area contributed by atoms with Crippen molar-refractivity contribution in [2.45, 2.75) is 52.6 Å². The number of nitrogens with one attached hydrogen (secondary N) is 1. The Hall–Kier alpha value is -2.49. The van der Waals surface area contributed by atoms with Crippen LogP contribution in [-0.2, 0) is 10.2 Å². The van der Waals surface area contributed by atoms with Gasteiger partial charge in [-0.15, -0.1) is 0 Å². The number of anilines is 1. The lowest BCUT2D eigenvalue weighted by atomic mass is 9.86. The van der Waals surface area contributed by atoms with Crippen molar-refractivity contribution in [3.8, 4) is 11.5 Å². The molecule has 0 saturated carbocycles. The fraction of sp³-hybridized carbons (Fsp3) is 0.409. The molecule has 0 bridgehead atoms. The smallest absolute Gasteiger partial charge is 0.262 e. The van der Waals surface area contributed by atoms with Crippen molar-refractivity contribution < 1.29 is 14.3 Å². The Morgan fingerprint density at radius 2 is 1.85 bits per heavy atom. The zero-order chi connectivity index (χ0) is 19.2. The van der Waals surface area contributed by atoms with E-state index in [4.69, 9.17) is 9.47 Å². The Labute approximate surface area is 156 Å². The van der Waals surface area contributed by atoms with Crippen LogP contribution in [0.15, 0.2) is 48.5 Å². The summed E-state index contributed by atoms with van der Waals surface area (Å²) in [6.07, 6.45) is 1.07. The van der Waals surface area contributed by atoms with E-state index in [0.717, 1.165) is 23.5 Å². The van der Waals surface area contributed by atoms with Crippen LogP contribution in [0.1, 0.15) is 46.6 Å². The highest BCUT2D eigenvalue weighted by atomic mass is 16.5. The Balaban J connectivity index is 1.97. The van der Waals surface area contributed by atoms with Crippen molar-refractivity contribution in [1.82, 2.24) is 0 Å². The summed E-state index contributed by atoms with van der Waals surface area (Å²) >= 11 is 0. The van der Waals surface area contributed by atoms with Crippen molar-refractivity contribution in [2.24, 2.45) is 0 Å². The Bertz CT molecular complexity index is 734. The lowest BCUT2D eigenvalue weighted by molar-refractivity contribution is -0.118. The third kappa shape index (κ3) is 5.80. The summed E-state index contributed by atoms with van der Waals surface area (Å²) in [4.78, 5) is 12.3. The number of hydrogen-bond acceptors (Lipinski definition) is 3. The number of para-hydroxylation sites is 1. The molecule has 0 aliphatic heterocycles. The molecule has 2 rings (SSSR count). The predicted octanol–water partition coefficient (Wildman–Crippen LogP) is 5.18. The molecule has 140 valence electrons. The molecule has 0 heterocycles. The minimum atomic E-state index is -0.200. The minimum Gasteiger partial charge on any atom is -0.491 e. The average Bonchev–Trinajstić information content (AvgIpc) is 2.59. The van der Waals surface area contributed by atoms with Crippen LogP contribution in [0.3, 0.4) is 0 Å². The van der Waals surface area contributed by atoms with Crippen LogP contribution in [0.4, 0.5) is 5.69 Å². The quantitative estimate of drug-likeness (QED) is 0.744. The summed E-state index contributed by atoms with van der Waals surface area (Å²) in [7, 11) is 0. The average molecular weight is 355 g/mol. The van der Waals surface area contributed by atoms with E-state index in [1.807, 2.05) is 55.5 Å². The Kier molecular flexibility index (Phi) is 6.67. The van der Waals surface area contributed by atoms with Gasteiger partial charge in [-0.1, -0.05) is 52.0 Å². The van der Waals surface area contributed by atoms with Crippen LogP contribution in [0, 0.1) is 0 Å². The first-order chi connectivity index (χ1) is 12.3. The van der Waals surface area contributed by atoms with Gasteiger partial charge < -0.3 is 14.8 Å². The van der Waals surface area contributed by atoms with E-state index in [1.54, 1.807) is 0 Å². The maximum Gasteiger partial charge on any atom is 0.262 e. The van der Waals surface area contributed by atoms with Crippen molar-refractivity contribution in [3.63, 3.8) is 0 Å². The van der Waals surface area contributed by atoms with E-state index >= 15 is 0 Å². The summed E-state index contributed by atoms with van der Waals surface area (Å²) in [5.41, 5.74) is 1.73. The van der Waals surface area contributed by atoms with Gasteiger partial charge >= 0.3 is 0 Å². The second-order valence-electron chi connectivity index (χ2n) is 7.45. The van der Waals surface area contributed by atoms with Crippen LogP contribution in [-0.4, -0.2) is 18.6 Å². The lowest BCUT2D eigenvalue weighted by Gasteiger charge is -2.22. The molecule has 1 amide bonds. The Morgan fingerprint density at radius 3 is 2.54 bits per heavy atom. The minimum absolute atomic E-state index is 0.0382. The second-order valence-corrected chi connectivity index (χ2v) is 7.45. The highest BCUT2D eigenvalue weighted by molar-refractivity contribution is 5.92. The lowest BCUT2D eigenvalue weighted by Crippen LogP contribution is -2.22. The molecule has 26 heavy (non-hydrogen) atoms. The van der Waals surface area contributed by atoms with Crippen LogP contribution >= 0.6 is 0 Å². The third-order valence-electron chi connectivity index (χ3n) is 4.08. The second kappa shape index (κ2) is 8.75.